The van der Waals surface area contributed by atoms with Gasteiger partial charge < -0.3 is 25.4 Å². The summed E-state index contributed by atoms with van der Waals surface area (Å²) in [5.74, 6) is 0.851. The summed E-state index contributed by atoms with van der Waals surface area (Å²) in [5.41, 5.74) is 1.03. The fourth-order valence-corrected chi connectivity index (χ4v) is 10.00. The van der Waals surface area contributed by atoms with Crippen molar-refractivity contribution in [2.24, 2.45) is 0 Å². The van der Waals surface area contributed by atoms with Crippen LogP contribution in [0, 0.1) is 0 Å². The van der Waals surface area contributed by atoms with Gasteiger partial charge in [0.2, 0.25) is 5.91 Å². The number of rotatable bonds is 23. The van der Waals surface area contributed by atoms with E-state index in [1.165, 1.54) is 0 Å². The van der Waals surface area contributed by atoms with Crippen molar-refractivity contribution in [2.75, 3.05) is 38.7 Å². The molecule has 2 fully saturated rings. The number of carbonyl (C=O) groups excluding carboxylic acids is 2. The Labute approximate surface area is 331 Å². The van der Waals surface area contributed by atoms with E-state index in [0.717, 1.165) is 41.7 Å². The number of carbonyl (C=O) groups is 2. The van der Waals surface area contributed by atoms with Gasteiger partial charge in [-0.3, -0.25) is 18.4 Å². The second-order valence-electron chi connectivity index (χ2n) is 14.9. The first-order valence-corrected chi connectivity index (χ1v) is 22.0. The normalized spacial score (nSPS) is 19.9. The van der Waals surface area contributed by atoms with Crippen molar-refractivity contribution in [3.63, 3.8) is 0 Å². The highest BCUT2D eigenvalue weighted by Gasteiger charge is 2.43. The van der Waals surface area contributed by atoms with E-state index in [-0.39, 0.29) is 43.8 Å². The monoisotopic (exact) mass is 795 g/mol. The lowest BCUT2D eigenvalue weighted by atomic mass is 9.79. The molecule has 3 aromatic carbocycles. The zero-order valence-electron chi connectivity index (χ0n) is 32.6. The molecule has 3 amide bonds. The van der Waals surface area contributed by atoms with Crippen molar-refractivity contribution < 1.29 is 37.2 Å². The average molecular weight is 796 g/mol. The standard InChI is InChI=1S/C42H58N3O8PS/c1-5-27-49-29-30-51-54(48,53-41(2,3)4)50-28-25-35(24-26-43-38(46)23-15-22-37-39-36(31-55-37)44-40(47)45-39)52-42(32-16-9-6-10-17-32,33-18-11-7-12-19-33)34-20-13-8-14-21-34/h6-14,16-21,35-37,39H,5,15,22-31H2,1-4H3,(H,43,46)(H2,44,45,47). The molecule has 5 atom stereocenters. The van der Waals surface area contributed by atoms with Gasteiger partial charge in [-0.05, 0) is 69.6 Å². The topological polar surface area (TPSA) is 133 Å². The van der Waals surface area contributed by atoms with Crippen molar-refractivity contribution in [2.45, 2.75) is 101 Å². The zero-order valence-corrected chi connectivity index (χ0v) is 34.3. The second-order valence-corrected chi connectivity index (χ2v) is 17.8. The fraction of sp³-hybridized carbons (Fsp3) is 0.524. The van der Waals surface area contributed by atoms with Crippen LogP contribution in [0.1, 0.15) is 82.9 Å². The van der Waals surface area contributed by atoms with Crippen molar-refractivity contribution >= 4 is 31.5 Å². The lowest BCUT2D eigenvalue weighted by molar-refractivity contribution is -0.121. The summed E-state index contributed by atoms with van der Waals surface area (Å²) in [7, 11) is -3.98. The van der Waals surface area contributed by atoms with Crippen LogP contribution in [0.3, 0.4) is 0 Å². The minimum absolute atomic E-state index is 0.0167. The van der Waals surface area contributed by atoms with Crippen LogP contribution in [-0.4, -0.2) is 79.7 Å². The zero-order chi connectivity index (χ0) is 39.2. The van der Waals surface area contributed by atoms with Gasteiger partial charge in [0.1, 0.15) is 5.60 Å². The summed E-state index contributed by atoms with van der Waals surface area (Å²) in [6.45, 7) is 8.71. The Hall–Kier alpha value is -3.22. The maximum absolute atomic E-state index is 13.9. The van der Waals surface area contributed by atoms with Crippen LogP contribution in [0.25, 0.3) is 0 Å². The molecular formula is C42H58N3O8PS. The van der Waals surface area contributed by atoms with Crippen LogP contribution < -0.4 is 16.0 Å². The molecule has 3 N–H and O–H groups in total. The van der Waals surface area contributed by atoms with Gasteiger partial charge in [0.25, 0.3) is 0 Å². The molecule has 55 heavy (non-hydrogen) atoms. The van der Waals surface area contributed by atoms with Gasteiger partial charge in [0.05, 0.1) is 43.6 Å². The first-order valence-electron chi connectivity index (χ1n) is 19.5. The molecule has 2 saturated heterocycles. The molecule has 0 aliphatic carbocycles. The molecule has 5 rings (SSSR count). The number of hydrogen-bond donors (Lipinski definition) is 3. The van der Waals surface area contributed by atoms with Crippen molar-refractivity contribution in [3.8, 4) is 0 Å². The lowest BCUT2D eigenvalue weighted by Gasteiger charge is -2.39. The number of amides is 3. The Morgan fingerprint density at radius 2 is 1.45 bits per heavy atom. The largest absolute Gasteiger partial charge is 0.475 e. The van der Waals surface area contributed by atoms with Crippen LogP contribution in [0.4, 0.5) is 4.79 Å². The Morgan fingerprint density at radius 3 is 2.04 bits per heavy atom. The number of nitrogens with one attached hydrogen (secondary N) is 3. The predicted octanol–water partition coefficient (Wildman–Crippen LogP) is 7.98. The molecule has 300 valence electrons. The maximum Gasteiger partial charge on any atom is 0.475 e. The van der Waals surface area contributed by atoms with Gasteiger partial charge in [0.15, 0.2) is 0 Å². The van der Waals surface area contributed by atoms with Crippen LogP contribution in [-0.2, 0) is 38.0 Å². The van der Waals surface area contributed by atoms with Crippen LogP contribution >= 0.6 is 19.6 Å². The highest BCUT2D eigenvalue weighted by Crippen LogP contribution is 2.53. The van der Waals surface area contributed by atoms with E-state index >= 15 is 0 Å². The van der Waals surface area contributed by atoms with Crippen LogP contribution in [0.5, 0.6) is 0 Å². The number of hydrogen-bond acceptors (Lipinski definition) is 9. The molecule has 0 saturated carbocycles. The Bertz CT molecular complexity index is 1570. The van der Waals surface area contributed by atoms with Gasteiger partial charge >= 0.3 is 13.9 Å². The van der Waals surface area contributed by atoms with E-state index in [0.29, 0.717) is 37.7 Å². The third kappa shape index (κ3) is 12.6. The third-order valence-electron chi connectivity index (χ3n) is 9.40. The number of benzene rings is 3. The van der Waals surface area contributed by atoms with E-state index in [4.69, 9.17) is 23.0 Å². The van der Waals surface area contributed by atoms with Crippen LogP contribution in [0.15, 0.2) is 91.0 Å². The maximum atomic E-state index is 13.9. The third-order valence-corrected chi connectivity index (χ3v) is 12.7. The molecule has 2 aliphatic rings. The molecule has 0 spiro atoms. The van der Waals surface area contributed by atoms with E-state index in [2.05, 4.69) is 52.3 Å². The summed E-state index contributed by atoms with van der Waals surface area (Å²) < 4.78 is 44.4. The minimum atomic E-state index is -3.98. The molecule has 0 aromatic heterocycles. The van der Waals surface area contributed by atoms with Crippen molar-refractivity contribution in [3.05, 3.63) is 108 Å². The number of phosphoric ester groups is 1. The highest BCUT2D eigenvalue weighted by molar-refractivity contribution is 8.00. The van der Waals surface area contributed by atoms with E-state index in [1.807, 2.05) is 73.3 Å². The summed E-state index contributed by atoms with van der Waals surface area (Å²) in [6.07, 6.45) is 3.15. The lowest BCUT2D eigenvalue weighted by Crippen LogP contribution is -2.39. The quantitative estimate of drug-likeness (QED) is 0.0378. The van der Waals surface area contributed by atoms with Gasteiger partial charge in [-0.1, -0.05) is 97.9 Å². The molecule has 0 radical (unpaired) electrons. The van der Waals surface area contributed by atoms with E-state index in [9.17, 15) is 14.2 Å². The Balaban J connectivity index is 1.32. The fourth-order valence-electron chi connectivity index (χ4n) is 6.98. The first-order chi connectivity index (χ1) is 26.5. The van der Waals surface area contributed by atoms with Crippen molar-refractivity contribution in [1.29, 1.82) is 0 Å². The number of fused-ring (bicyclic) bond motifs is 1. The molecular weight excluding hydrogens is 738 g/mol. The summed E-state index contributed by atoms with van der Waals surface area (Å²) >= 11 is 1.85. The molecule has 13 heteroatoms. The van der Waals surface area contributed by atoms with Crippen molar-refractivity contribution in [1.82, 2.24) is 16.0 Å². The molecule has 2 aliphatic heterocycles. The molecule has 11 nitrogen and oxygen atoms in total. The smallest absolute Gasteiger partial charge is 0.379 e. The number of urea groups is 1. The Kier molecular flexibility index (Phi) is 16.2. The number of thioether (sulfide) groups is 1. The van der Waals surface area contributed by atoms with Gasteiger partial charge in [0, 0.05) is 30.6 Å². The van der Waals surface area contributed by atoms with Crippen LogP contribution in [0.2, 0.25) is 0 Å². The van der Waals surface area contributed by atoms with E-state index in [1.54, 1.807) is 20.8 Å². The number of phosphoric acid groups is 1. The molecule has 5 unspecified atom stereocenters. The van der Waals surface area contributed by atoms with E-state index < -0.39 is 25.1 Å². The summed E-state index contributed by atoms with van der Waals surface area (Å²) in [5, 5.41) is 9.40. The first kappa shape index (κ1) is 42.9. The second kappa shape index (κ2) is 20.8. The SMILES string of the molecule is CCCOCCOP(=O)(OCCC(CCNC(=O)CCCC1SCC2NC(=O)NC21)OC(c1ccccc1)(c1ccccc1)c1ccccc1)OC(C)(C)C. The minimum Gasteiger partial charge on any atom is -0.379 e. The molecule has 2 heterocycles. The van der Waals surface area contributed by atoms with Gasteiger partial charge in [-0.25, -0.2) is 9.36 Å². The van der Waals surface area contributed by atoms with Gasteiger partial charge in [-0.2, -0.15) is 11.8 Å². The average Bonchev–Trinajstić information content (AvgIpc) is 3.73. The van der Waals surface area contributed by atoms with Gasteiger partial charge in [-0.15, -0.1) is 0 Å². The molecule has 0 bridgehead atoms. The summed E-state index contributed by atoms with van der Waals surface area (Å²) in [6, 6.07) is 30.5. The number of ether oxygens (including phenoxy) is 2. The Morgan fingerprint density at radius 1 is 0.855 bits per heavy atom. The highest BCUT2D eigenvalue weighted by atomic mass is 32.2. The summed E-state index contributed by atoms with van der Waals surface area (Å²) in [4.78, 5) is 24.9. The molecule has 3 aromatic rings. The predicted molar refractivity (Wildman–Crippen MR) is 217 cm³/mol.